The fraction of sp³-hybridized carbons (Fsp3) is 0.643. The molecule has 0 aromatic carbocycles. The smallest absolute Gasteiger partial charge is 0.161 e. The molecule has 0 radical (unpaired) electrons. The lowest BCUT2D eigenvalue weighted by molar-refractivity contribution is -0.126. The summed E-state index contributed by atoms with van der Waals surface area (Å²) < 4.78 is 0. The van der Waals surface area contributed by atoms with E-state index in [2.05, 4.69) is 0 Å². The van der Waals surface area contributed by atoms with Crippen LogP contribution in [-0.2, 0) is 14.4 Å². The summed E-state index contributed by atoms with van der Waals surface area (Å²) in [5, 5.41) is 0. The van der Waals surface area contributed by atoms with Crippen LogP contribution in [0.2, 0.25) is 0 Å². The number of rotatable bonds is 5. The Labute approximate surface area is 102 Å². The molecule has 3 nitrogen and oxygen atoms in total. The molecule has 0 amide bonds. The molecule has 17 heavy (non-hydrogen) atoms. The van der Waals surface area contributed by atoms with E-state index in [1.165, 1.54) is 13.0 Å². The van der Waals surface area contributed by atoms with Gasteiger partial charge < -0.3 is 4.79 Å². The lowest BCUT2D eigenvalue weighted by atomic mass is 9.72. The van der Waals surface area contributed by atoms with Crippen molar-refractivity contribution in [2.45, 2.75) is 52.9 Å². The van der Waals surface area contributed by atoms with Crippen molar-refractivity contribution in [3.8, 4) is 0 Å². The molecule has 0 bridgehead atoms. The van der Waals surface area contributed by atoms with Crippen molar-refractivity contribution in [1.82, 2.24) is 0 Å². The maximum Gasteiger partial charge on any atom is 0.161 e. The zero-order chi connectivity index (χ0) is 13.1. The average molecular weight is 236 g/mol. The van der Waals surface area contributed by atoms with E-state index in [0.717, 1.165) is 19.3 Å². The highest BCUT2D eigenvalue weighted by Gasteiger charge is 2.34. The first kappa shape index (κ1) is 13.8. The summed E-state index contributed by atoms with van der Waals surface area (Å²) in [6, 6.07) is 0. The molecule has 1 aliphatic carbocycles. The molecule has 0 spiro atoms. The first-order valence-corrected chi connectivity index (χ1v) is 6.10. The number of carbonyl (C=O) groups excluding carboxylic acids is 3. The summed E-state index contributed by atoms with van der Waals surface area (Å²) in [5.74, 6) is 0.193. The van der Waals surface area contributed by atoms with E-state index in [4.69, 9.17) is 0 Å². The number of ketones is 3. The minimum Gasteiger partial charge on any atom is -0.300 e. The summed E-state index contributed by atoms with van der Waals surface area (Å²) in [7, 11) is 0. The van der Waals surface area contributed by atoms with Crippen molar-refractivity contribution in [2.75, 3.05) is 0 Å². The van der Waals surface area contributed by atoms with Gasteiger partial charge in [0.1, 0.15) is 5.78 Å². The average Bonchev–Trinajstić information content (AvgIpc) is 2.21. The van der Waals surface area contributed by atoms with Gasteiger partial charge in [0, 0.05) is 11.8 Å². The molecule has 1 atom stereocenters. The second-order valence-corrected chi connectivity index (χ2v) is 5.21. The van der Waals surface area contributed by atoms with Gasteiger partial charge in [0.2, 0.25) is 0 Å². The lowest BCUT2D eigenvalue weighted by Crippen LogP contribution is -2.30. The minimum absolute atomic E-state index is 0.0101. The second kappa shape index (κ2) is 5.39. The Morgan fingerprint density at radius 1 is 1.35 bits per heavy atom. The Morgan fingerprint density at radius 3 is 2.47 bits per heavy atom. The van der Waals surface area contributed by atoms with Gasteiger partial charge in [0.05, 0.1) is 0 Å². The maximum atomic E-state index is 12.0. The first-order chi connectivity index (χ1) is 7.85. The fourth-order valence-electron chi connectivity index (χ4n) is 2.19. The third kappa shape index (κ3) is 3.62. The van der Waals surface area contributed by atoms with Crippen molar-refractivity contribution < 1.29 is 14.4 Å². The van der Waals surface area contributed by atoms with Crippen LogP contribution in [0.4, 0.5) is 0 Å². The van der Waals surface area contributed by atoms with Crippen molar-refractivity contribution in [3.05, 3.63) is 11.6 Å². The van der Waals surface area contributed by atoms with E-state index >= 15 is 0 Å². The molecule has 0 aliphatic heterocycles. The van der Waals surface area contributed by atoms with E-state index in [1.807, 2.05) is 6.92 Å². The molecule has 94 valence electrons. The molecule has 0 saturated heterocycles. The highest BCUT2D eigenvalue weighted by molar-refractivity contribution is 6.05. The predicted octanol–water partition coefficient (Wildman–Crippen LogP) is 2.63. The molecular weight excluding hydrogens is 216 g/mol. The van der Waals surface area contributed by atoms with Gasteiger partial charge in [-0.2, -0.15) is 0 Å². The van der Waals surface area contributed by atoms with Crippen LogP contribution in [0.5, 0.6) is 0 Å². The Balaban J connectivity index is 2.64. The molecule has 0 saturated carbocycles. The Kier molecular flexibility index (Phi) is 4.38. The molecule has 1 rings (SSSR count). The van der Waals surface area contributed by atoms with Crippen LogP contribution in [-0.4, -0.2) is 17.3 Å². The normalized spacial score (nSPS) is 24.4. The van der Waals surface area contributed by atoms with Crippen molar-refractivity contribution in [1.29, 1.82) is 0 Å². The van der Waals surface area contributed by atoms with Crippen LogP contribution in [0.1, 0.15) is 52.9 Å². The lowest BCUT2D eigenvalue weighted by Gasteiger charge is -2.30. The van der Waals surface area contributed by atoms with E-state index in [1.54, 1.807) is 6.92 Å². The summed E-state index contributed by atoms with van der Waals surface area (Å²) in [6.07, 6.45) is 4.91. The zero-order valence-electron chi connectivity index (χ0n) is 10.8. The van der Waals surface area contributed by atoms with E-state index in [-0.39, 0.29) is 22.8 Å². The molecule has 0 aromatic rings. The van der Waals surface area contributed by atoms with Gasteiger partial charge in [-0.25, -0.2) is 0 Å². The summed E-state index contributed by atoms with van der Waals surface area (Å²) in [5.41, 5.74) is 0.257. The SMILES string of the molecule is CC(=O)CCC[C@]1(C)CCC(C(C)=O)=CC1=O. The molecular formula is C14H20O3. The van der Waals surface area contributed by atoms with Crippen LogP contribution in [0.15, 0.2) is 11.6 Å². The Morgan fingerprint density at radius 2 is 2.00 bits per heavy atom. The standard InChI is InChI=1S/C14H20O3/c1-10(15)5-4-7-14(3)8-6-12(11(2)16)9-13(14)17/h9H,4-8H2,1-3H3/t14-/m1/s1. The highest BCUT2D eigenvalue weighted by atomic mass is 16.1. The third-order valence-corrected chi connectivity index (χ3v) is 3.56. The molecule has 0 unspecified atom stereocenters. The first-order valence-electron chi connectivity index (χ1n) is 6.10. The molecule has 0 heterocycles. The van der Waals surface area contributed by atoms with Crippen LogP contribution in [0, 0.1) is 5.41 Å². The second-order valence-electron chi connectivity index (χ2n) is 5.21. The predicted molar refractivity (Wildman–Crippen MR) is 65.6 cm³/mol. The van der Waals surface area contributed by atoms with E-state index in [9.17, 15) is 14.4 Å². The minimum atomic E-state index is -0.381. The monoisotopic (exact) mass is 236 g/mol. The van der Waals surface area contributed by atoms with Gasteiger partial charge in [0.25, 0.3) is 0 Å². The van der Waals surface area contributed by atoms with Crippen LogP contribution < -0.4 is 0 Å². The Hall–Kier alpha value is -1.25. The summed E-state index contributed by atoms with van der Waals surface area (Å²) >= 11 is 0. The number of hydrogen-bond donors (Lipinski definition) is 0. The quantitative estimate of drug-likeness (QED) is 0.737. The van der Waals surface area contributed by atoms with Crippen molar-refractivity contribution in [2.24, 2.45) is 5.41 Å². The van der Waals surface area contributed by atoms with E-state index in [0.29, 0.717) is 18.4 Å². The fourth-order valence-corrected chi connectivity index (χ4v) is 2.19. The largest absolute Gasteiger partial charge is 0.300 e. The number of hydrogen-bond acceptors (Lipinski definition) is 3. The number of carbonyl (C=O) groups is 3. The van der Waals surface area contributed by atoms with Gasteiger partial charge in [-0.15, -0.1) is 0 Å². The highest BCUT2D eigenvalue weighted by Crippen LogP contribution is 2.36. The van der Waals surface area contributed by atoms with Crippen molar-refractivity contribution >= 4 is 17.3 Å². The number of Topliss-reactive ketones (excluding diaryl/α,β-unsaturated/α-hetero) is 2. The van der Waals surface area contributed by atoms with Crippen molar-refractivity contribution in [3.63, 3.8) is 0 Å². The van der Waals surface area contributed by atoms with Crippen LogP contribution in [0.25, 0.3) is 0 Å². The Bertz CT molecular complexity index is 379. The maximum absolute atomic E-state index is 12.0. The molecule has 0 N–H and O–H groups in total. The molecule has 0 aromatic heterocycles. The molecule has 0 fully saturated rings. The van der Waals surface area contributed by atoms with Gasteiger partial charge in [-0.05, 0) is 51.2 Å². The summed E-state index contributed by atoms with van der Waals surface area (Å²) in [4.78, 5) is 34.1. The van der Waals surface area contributed by atoms with Crippen LogP contribution in [0.3, 0.4) is 0 Å². The zero-order valence-corrected chi connectivity index (χ0v) is 10.8. The molecule has 1 aliphatic rings. The van der Waals surface area contributed by atoms with E-state index < -0.39 is 0 Å². The molecule has 3 heteroatoms. The third-order valence-electron chi connectivity index (χ3n) is 3.56. The van der Waals surface area contributed by atoms with Gasteiger partial charge in [-0.3, -0.25) is 9.59 Å². The topological polar surface area (TPSA) is 51.2 Å². The number of allylic oxidation sites excluding steroid dienone is 2. The van der Waals surface area contributed by atoms with Gasteiger partial charge in [-0.1, -0.05) is 6.92 Å². The van der Waals surface area contributed by atoms with Crippen LogP contribution >= 0.6 is 0 Å². The summed E-state index contributed by atoms with van der Waals surface area (Å²) in [6.45, 7) is 5.00. The van der Waals surface area contributed by atoms with Gasteiger partial charge >= 0.3 is 0 Å². The van der Waals surface area contributed by atoms with Gasteiger partial charge in [0.15, 0.2) is 11.6 Å².